The number of benzene rings is 1. The topological polar surface area (TPSA) is 263 Å². The number of phosphoric acid groups is 1. The number of carbonyl (C=O) groups is 1. The first-order valence-corrected chi connectivity index (χ1v) is 11.7. The Morgan fingerprint density at radius 1 is 1.32 bits per heavy atom. The molecule has 20 heteroatoms. The average molecular weight is 594 g/mol. The van der Waals surface area contributed by atoms with E-state index in [-0.39, 0.29) is 82.8 Å². The number of phosphoric ester groups is 1. The van der Waals surface area contributed by atoms with E-state index in [1.165, 1.54) is 15.5 Å². The molecule has 4 rings (SSSR count). The van der Waals surface area contributed by atoms with Gasteiger partial charge in [-0.2, -0.15) is 0 Å². The van der Waals surface area contributed by atoms with Crippen molar-refractivity contribution in [2.45, 2.75) is 31.1 Å². The minimum Gasteiger partial charge on any atom is -0.790 e. The van der Waals surface area contributed by atoms with Gasteiger partial charge in [0, 0.05) is 5.02 Å². The fourth-order valence-corrected chi connectivity index (χ4v) is 4.12. The van der Waals surface area contributed by atoms with Crippen LogP contribution in [0.5, 0.6) is 0 Å². The van der Waals surface area contributed by atoms with Gasteiger partial charge in [-0.05, 0) is 17.7 Å². The predicted octanol–water partition coefficient (Wildman–Crippen LogP) is -9.34. The second kappa shape index (κ2) is 14.5. The van der Waals surface area contributed by atoms with Gasteiger partial charge < -0.3 is 54.6 Å². The fraction of sp³-hybridized carbons (Fsp3) is 0.333. The van der Waals surface area contributed by atoms with Crippen LogP contribution in [0.15, 0.2) is 35.4 Å². The smallest absolute Gasteiger partial charge is 0.790 e. The average Bonchev–Trinajstić information content (AvgIpc) is 3.23. The number of nitrogens with zero attached hydrogens (tertiary/aromatic N) is 3. The zero-order chi connectivity index (χ0) is 26.8. The van der Waals surface area contributed by atoms with Crippen molar-refractivity contribution in [2.24, 2.45) is 0 Å². The molecule has 1 aliphatic rings. The molecule has 4 atom stereocenters. The molecular weight excluding hydrogens is 575 g/mol. The molecule has 16 nitrogen and oxygen atoms in total. The Morgan fingerprint density at radius 3 is 2.53 bits per heavy atom. The summed E-state index contributed by atoms with van der Waals surface area (Å²) in [4.78, 5) is 49.1. The molecule has 1 fully saturated rings. The van der Waals surface area contributed by atoms with E-state index in [1.54, 1.807) is 24.3 Å². The van der Waals surface area contributed by atoms with Crippen molar-refractivity contribution in [3.63, 3.8) is 0 Å². The van der Waals surface area contributed by atoms with E-state index in [1.807, 2.05) is 0 Å². The van der Waals surface area contributed by atoms with Gasteiger partial charge in [0.1, 0.15) is 18.3 Å². The number of imidazole rings is 1. The maximum atomic E-state index is 12.6. The maximum Gasteiger partial charge on any atom is 1.00 e. The zero-order valence-electron chi connectivity index (χ0n) is 20.0. The number of aliphatic hydroxyl groups excluding tert-OH is 2. The summed E-state index contributed by atoms with van der Waals surface area (Å²) in [5.41, 5.74) is 6.04. The van der Waals surface area contributed by atoms with Crippen LogP contribution in [0.2, 0.25) is 5.02 Å². The third-order valence-corrected chi connectivity index (χ3v) is 5.64. The van der Waals surface area contributed by atoms with Crippen LogP contribution in [-0.4, -0.2) is 60.9 Å². The molecule has 1 aromatic carbocycles. The second-order valence-electron chi connectivity index (χ2n) is 7.46. The van der Waals surface area contributed by atoms with Gasteiger partial charge in [0.2, 0.25) is 17.9 Å². The van der Waals surface area contributed by atoms with Crippen LogP contribution in [0, 0.1) is 0 Å². The van der Waals surface area contributed by atoms with Crippen molar-refractivity contribution in [2.75, 3.05) is 12.3 Å². The second-order valence-corrected chi connectivity index (χ2v) is 9.05. The number of aromatic nitrogens is 4. The van der Waals surface area contributed by atoms with E-state index in [0.717, 1.165) is 5.56 Å². The van der Waals surface area contributed by atoms with Crippen LogP contribution in [-0.2, 0) is 20.4 Å². The number of H-pyrrole nitrogens is 1. The van der Waals surface area contributed by atoms with Gasteiger partial charge in [-0.3, -0.25) is 14.3 Å². The SMILES string of the molecule is Nc1nc2c(c(=O)[nH]1)n(Cc1cccc(Cl)c1)c[n+]2[C@@H]1O[C@H](COP(=O)([O-])[O-])[C@@H](O)[C@H]1O.O=C([O-])O.[Na+].[Na+]. The van der Waals surface area contributed by atoms with Crippen LogP contribution in [0.3, 0.4) is 0 Å². The van der Waals surface area contributed by atoms with Crippen LogP contribution < -0.4 is 89.9 Å². The van der Waals surface area contributed by atoms with Gasteiger partial charge in [-0.25, -0.2) is 4.57 Å². The number of nitrogen functional groups attached to an aromatic ring is 1. The third kappa shape index (κ3) is 8.97. The number of aromatic amines is 1. The maximum absolute atomic E-state index is 12.6. The van der Waals surface area contributed by atoms with Gasteiger partial charge in [0.25, 0.3) is 11.5 Å². The van der Waals surface area contributed by atoms with Crippen molar-refractivity contribution >= 4 is 42.7 Å². The van der Waals surface area contributed by atoms with Gasteiger partial charge in [-0.15, -0.1) is 0 Å². The first kappa shape index (κ1) is 34.9. The van der Waals surface area contributed by atoms with Gasteiger partial charge in [0.05, 0.1) is 21.0 Å². The van der Waals surface area contributed by atoms with Crippen LogP contribution in [0.4, 0.5) is 10.7 Å². The molecule has 196 valence electrons. The minimum atomic E-state index is -5.32. The number of hydrogen-bond acceptors (Lipinski definition) is 12. The Labute approximate surface area is 262 Å². The Balaban J connectivity index is 0.00000113. The number of aliphatic hydroxyl groups is 2. The first-order valence-electron chi connectivity index (χ1n) is 9.89. The molecule has 6 N–H and O–H groups in total. The number of rotatable bonds is 6. The van der Waals surface area contributed by atoms with E-state index in [2.05, 4.69) is 14.5 Å². The van der Waals surface area contributed by atoms with Crippen LogP contribution in [0.1, 0.15) is 11.8 Å². The predicted molar refractivity (Wildman–Crippen MR) is 113 cm³/mol. The summed E-state index contributed by atoms with van der Waals surface area (Å²) >= 11 is 6.03. The summed E-state index contributed by atoms with van der Waals surface area (Å²) in [6, 6.07) is 6.94. The molecule has 0 unspecified atom stereocenters. The number of nitrogens with one attached hydrogen (secondary N) is 1. The van der Waals surface area contributed by atoms with E-state index in [0.29, 0.717) is 5.02 Å². The molecular formula is C18H19ClN5Na2O11P. The minimum absolute atomic E-state index is 0. The molecule has 1 aliphatic heterocycles. The van der Waals surface area contributed by atoms with E-state index in [9.17, 15) is 29.4 Å². The first-order chi connectivity index (χ1) is 16.8. The molecule has 0 bridgehead atoms. The number of ether oxygens (including phenoxy) is 1. The summed E-state index contributed by atoms with van der Waals surface area (Å²) in [5.74, 6) is -0.191. The summed E-state index contributed by atoms with van der Waals surface area (Å²) in [6.45, 7) is -0.594. The van der Waals surface area contributed by atoms with Gasteiger partial charge in [-0.1, -0.05) is 28.7 Å². The summed E-state index contributed by atoms with van der Waals surface area (Å²) in [7, 11) is -5.32. The summed E-state index contributed by atoms with van der Waals surface area (Å²) in [5, 5.41) is 36.5. The molecule has 0 aliphatic carbocycles. The largest absolute Gasteiger partial charge is 1.00 e. The molecule has 3 heterocycles. The number of hydrogen-bond donors (Lipinski definition) is 5. The van der Waals surface area contributed by atoms with E-state index in [4.69, 9.17) is 37.1 Å². The number of carboxylic acid groups (broad SMARTS) is 2. The van der Waals surface area contributed by atoms with Gasteiger partial charge >= 0.3 is 64.8 Å². The number of halogens is 1. The Hall–Kier alpha value is -1.08. The molecule has 3 aromatic rings. The van der Waals surface area contributed by atoms with E-state index >= 15 is 0 Å². The zero-order valence-corrected chi connectivity index (χ0v) is 25.6. The number of anilines is 1. The van der Waals surface area contributed by atoms with Gasteiger partial charge in [0.15, 0.2) is 6.33 Å². The molecule has 38 heavy (non-hydrogen) atoms. The Kier molecular flexibility index (Phi) is 13.4. The monoisotopic (exact) mass is 593 g/mol. The third-order valence-electron chi connectivity index (χ3n) is 4.94. The standard InChI is InChI=1S/C17H19ClN5O8P.CH2O3.2Na/c18-9-3-1-2-8(4-9)5-22-7-23(14-11(22)15(26)21-17(19)20-14)16-13(25)12(24)10(31-16)6-30-32(27,28)29;2-1(3)4;;/h1-4,7,10,12-13,16,24-25H,5-6H2,(H4-,19,20,21,26,27,28,29);(H2,2,3,4);;/q;;2*+1/p-2/t10-,12-,13-,16-;;;/m1.../s1. The molecule has 2 aromatic heterocycles. The molecule has 0 radical (unpaired) electrons. The van der Waals surface area contributed by atoms with Crippen molar-refractivity contribution in [1.82, 2.24) is 14.5 Å². The van der Waals surface area contributed by atoms with Crippen molar-refractivity contribution in [3.05, 3.63) is 51.5 Å². The Bertz CT molecular complexity index is 1370. The van der Waals surface area contributed by atoms with Crippen molar-refractivity contribution in [3.8, 4) is 0 Å². The van der Waals surface area contributed by atoms with Crippen LogP contribution in [0.25, 0.3) is 11.2 Å². The summed E-state index contributed by atoms with van der Waals surface area (Å²) < 4.78 is 23.3. The van der Waals surface area contributed by atoms with Crippen molar-refractivity contribution in [1.29, 1.82) is 0 Å². The molecule has 0 saturated carbocycles. The summed E-state index contributed by atoms with van der Waals surface area (Å²) in [6.07, 6.45) is -6.40. The molecule has 0 spiro atoms. The molecule has 1 saturated heterocycles. The Morgan fingerprint density at radius 2 is 1.95 bits per heavy atom. The normalized spacial score (nSPS) is 20.7. The van der Waals surface area contributed by atoms with Crippen molar-refractivity contribution < 1.29 is 113 Å². The van der Waals surface area contributed by atoms with E-state index < -0.39 is 50.7 Å². The number of nitrogens with two attached hydrogens (primary N) is 1. The number of fused-ring (bicyclic) bond motifs is 1. The molecule has 0 amide bonds. The fourth-order valence-electron chi connectivity index (χ4n) is 3.57. The quantitative estimate of drug-likeness (QED) is 0.101. The van der Waals surface area contributed by atoms with Crippen LogP contribution >= 0.6 is 19.4 Å².